The molecule has 1 heterocycles. The van der Waals surface area contributed by atoms with Gasteiger partial charge in [-0.2, -0.15) is 0 Å². The molecule has 0 bridgehead atoms. The highest BCUT2D eigenvalue weighted by atomic mass is 16.1. The Morgan fingerprint density at radius 3 is 2.56 bits per heavy atom. The van der Waals surface area contributed by atoms with Gasteiger partial charge in [-0.3, -0.25) is 4.79 Å². The molecule has 0 fully saturated rings. The number of hydrogen-bond acceptors (Lipinski definition) is 2. The van der Waals surface area contributed by atoms with Crippen LogP contribution in [0.3, 0.4) is 0 Å². The first-order valence-electron chi connectivity index (χ1n) is 10.9. The Morgan fingerprint density at radius 2 is 1.69 bits per heavy atom. The van der Waals surface area contributed by atoms with Crippen molar-refractivity contribution in [1.29, 1.82) is 0 Å². The summed E-state index contributed by atoms with van der Waals surface area (Å²) < 4.78 is 2.04. The molecule has 5 rings (SSSR count). The summed E-state index contributed by atoms with van der Waals surface area (Å²) in [6, 6.07) is 28.8. The molecule has 4 heteroatoms. The van der Waals surface area contributed by atoms with Crippen molar-refractivity contribution in [2.24, 2.45) is 0 Å². The lowest BCUT2D eigenvalue weighted by Gasteiger charge is -2.13. The standard InChI is InChI=1S/C28H25N3O/c1-19-14-15-24(20(2)16-19)30-28(32)18-31-26-13-6-5-12-25(26)29-27(31)17-22-10-7-9-21-8-3-4-11-23(21)22/h3-16H,17-18H2,1-2H3,(H,30,32). The maximum absolute atomic E-state index is 13.0. The fourth-order valence-corrected chi connectivity index (χ4v) is 4.34. The van der Waals surface area contributed by atoms with Crippen molar-refractivity contribution >= 4 is 33.4 Å². The minimum Gasteiger partial charge on any atom is -0.324 e. The highest BCUT2D eigenvalue weighted by Crippen LogP contribution is 2.24. The Hall–Kier alpha value is -3.92. The van der Waals surface area contributed by atoms with E-state index in [1.54, 1.807) is 0 Å². The van der Waals surface area contributed by atoms with Crippen LogP contribution < -0.4 is 5.32 Å². The number of imidazole rings is 1. The van der Waals surface area contributed by atoms with E-state index in [0.717, 1.165) is 28.1 Å². The van der Waals surface area contributed by atoms with Crippen LogP contribution in [0.1, 0.15) is 22.5 Å². The van der Waals surface area contributed by atoms with E-state index in [-0.39, 0.29) is 12.5 Å². The van der Waals surface area contributed by atoms with E-state index in [9.17, 15) is 4.79 Å². The number of amides is 1. The van der Waals surface area contributed by atoms with E-state index in [4.69, 9.17) is 4.98 Å². The third-order valence-corrected chi connectivity index (χ3v) is 5.92. The van der Waals surface area contributed by atoms with E-state index >= 15 is 0 Å². The molecule has 1 aromatic heterocycles. The highest BCUT2D eigenvalue weighted by molar-refractivity contribution is 5.92. The second-order valence-electron chi connectivity index (χ2n) is 8.28. The summed E-state index contributed by atoms with van der Waals surface area (Å²) in [5.41, 5.74) is 6.17. The third-order valence-electron chi connectivity index (χ3n) is 5.92. The topological polar surface area (TPSA) is 46.9 Å². The maximum atomic E-state index is 13.0. The number of carbonyl (C=O) groups excluding carboxylic acids is 1. The van der Waals surface area contributed by atoms with Crippen LogP contribution in [0.15, 0.2) is 84.9 Å². The molecular formula is C28H25N3O. The number of fused-ring (bicyclic) bond motifs is 2. The zero-order chi connectivity index (χ0) is 22.1. The summed E-state index contributed by atoms with van der Waals surface area (Å²) in [6.45, 7) is 4.28. The number of para-hydroxylation sites is 2. The van der Waals surface area contributed by atoms with Crippen LogP contribution in [-0.2, 0) is 17.8 Å². The number of anilines is 1. The fraction of sp³-hybridized carbons (Fsp3) is 0.143. The zero-order valence-electron chi connectivity index (χ0n) is 18.3. The molecule has 4 nitrogen and oxygen atoms in total. The van der Waals surface area contributed by atoms with E-state index in [1.807, 2.05) is 47.9 Å². The maximum Gasteiger partial charge on any atom is 0.244 e. The SMILES string of the molecule is Cc1ccc(NC(=O)Cn2c(Cc3cccc4ccccc34)nc3ccccc32)c(C)c1. The second kappa shape index (κ2) is 8.31. The number of hydrogen-bond donors (Lipinski definition) is 1. The highest BCUT2D eigenvalue weighted by Gasteiger charge is 2.15. The third kappa shape index (κ3) is 3.87. The van der Waals surface area contributed by atoms with E-state index in [2.05, 4.69) is 60.8 Å². The molecule has 0 saturated carbocycles. The molecule has 0 unspecified atom stereocenters. The molecular weight excluding hydrogens is 394 g/mol. The number of nitrogens with one attached hydrogen (secondary N) is 1. The van der Waals surface area contributed by atoms with Crippen molar-refractivity contribution in [3.8, 4) is 0 Å². The van der Waals surface area contributed by atoms with Gasteiger partial charge in [0, 0.05) is 12.1 Å². The zero-order valence-corrected chi connectivity index (χ0v) is 18.3. The summed E-state index contributed by atoms with van der Waals surface area (Å²) >= 11 is 0. The number of aromatic nitrogens is 2. The average molecular weight is 420 g/mol. The Balaban J connectivity index is 1.50. The van der Waals surface area contributed by atoms with E-state index in [1.165, 1.54) is 21.9 Å². The van der Waals surface area contributed by atoms with Crippen LogP contribution >= 0.6 is 0 Å². The molecule has 0 aliphatic rings. The number of nitrogens with zero attached hydrogens (tertiary/aromatic N) is 2. The lowest BCUT2D eigenvalue weighted by atomic mass is 10.0. The van der Waals surface area contributed by atoms with Crippen molar-refractivity contribution in [1.82, 2.24) is 9.55 Å². The fourth-order valence-electron chi connectivity index (χ4n) is 4.34. The Labute approximate surface area is 187 Å². The van der Waals surface area contributed by atoms with Gasteiger partial charge in [-0.05, 0) is 53.9 Å². The first-order valence-corrected chi connectivity index (χ1v) is 10.9. The van der Waals surface area contributed by atoms with Gasteiger partial charge in [0.15, 0.2) is 0 Å². The number of aryl methyl sites for hydroxylation is 2. The molecule has 0 spiro atoms. The molecule has 0 aliphatic heterocycles. The number of benzene rings is 4. The Kier molecular flexibility index (Phi) is 5.20. The van der Waals surface area contributed by atoms with Crippen LogP contribution in [0.25, 0.3) is 21.8 Å². The van der Waals surface area contributed by atoms with Crippen molar-refractivity contribution in [2.45, 2.75) is 26.8 Å². The smallest absolute Gasteiger partial charge is 0.244 e. The first kappa shape index (κ1) is 20.0. The quantitative estimate of drug-likeness (QED) is 0.378. The molecule has 1 amide bonds. The first-order chi connectivity index (χ1) is 15.6. The van der Waals surface area contributed by atoms with Gasteiger partial charge >= 0.3 is 0 Å². The summed E-state index contributed by atoms with van der Waals surface area (Å²) in [5, 5.41) is 5.50. The number of carbonyl (C=O) groups is 1. The van der Waals surface area contributed by atoms with E-state index in [0.29, 0.717) is 6.42 Å². The van der Waals surface area contributed by atoms with Crippen molar-refractivity contribution in [3.05, 3.63) is 107 Å². The largest absolute Gasteiger partial charge is 0.324 e. The lowest BCUT2D eigenvalue weighted by Crippen LogP contribution is -2.20. The van der Waals surface area contributed by atoms with Crippen molar-refractivity contribution < 1.29 is 4.79 Å². The minimum atomic E-state index is -0.0562. The van der Waals surface area contributed by atoms with Gasteiger partial charge in [0.05, 0.1) is 11.0 Å². The second-order valence-corrected chi connectivity index (χ2v) is 8.28. The lowest BCUT2D eigenvalue weighted by molar-refractivity contribution is -0.116. The predicted octanol–water partition coefficient (Wildman–Crippen LogP) is 6.04. The van der Waals surface area contributed by atoms with Gasteiger partial charge in [-0.1, -0.05) is 72.3 Å². The Morgan fingerprint density at radius 1 is 0.906 bits per heavy atom. The van der Waals surface area contributed by atoms with Crippen LogP contribution in [0.2, 0.25) is 0 Å². The molecule has 5 aromatic rings. The molecule has 32 heavy (non-hydrogen) atoms. The summed E-state index contributed by atoms with van der Waals surface area (Å²) in [5.74, 6) is 0.831. The molecule has 0 radical (unpaired) electrons. The summed E-state index contributed by atoms with van der Waals surface area (Å²) in [6.07, 6.45) is 0.660. The molecule has 0 aliphatic carbocycles. The summed E-state index contributed by atoms with van der Waals surface area (Å²) in [7, 11) is 0. The van der Waals surface area contributed by atoms with Gasteiger partial charge in [-0.15, -0.1) is 0 Å². The molecule has 158 valence electrons. The normalized spacial score (nSPS) is 11.2. The molecule has 1 N–H and O–H groups in total. The van der Waals surface area contributed by atoms with Crippen molar-refractivity contribution in [2.75, 3.05) is 5.32 Å². The van der Waals surface area contributed by atoms with Gasteiger partial charge < -0.3 is 9.88 Å². The van der Waals surface area contributed by atoms with Crippen LogP contribution in [0.5, 0.6) is 0 Å². The van der Waals surface area contributed by atoms with Crippen LogP contribution in [0, 0.1) is 13.8 Å². The molecule has 4 aromatic carbocycles. The molecule has 0 atom stereocenters. The van der Waals surface area contributed by atoms with Gasteiger partial charge in [-0.25, -0.2) is 4.98 Å². The summed E-state index contributed by atoms with van der Waals surface area (Å²) in [4.78, 5) is 17.9. The monoisotopic (exact) mass is 419 g/mol. The van der Waals surface area contributed by atoms with Crippen LogP contribution in [0.4, 0.5) is 5.69 Å². The van der Waals surface area contributed by atoms with Crippen molar-refractivity contribution in [3.63, 3.8) is 0 Å². The van der Waals surface area contributed by atoms with E-state index < -0.39 is 0 Å². The van der Waals surface area contributed by atoms with Gasteiger partial charge in [0.2, 0.25) is 5.91 Å². The average Bonchev–Trinajstić information content (AvgIpc) is 3.13. The van der Waals surface area contributed by atoms with Crippen LogP contribution in [-0.4, -0.2) is 15.5 Å². The predicted molar refractivity (Wildman–Crippen MR) is 131 cm³/mol. The minimum absolute atomic E-state index is 0.0562. The van der Waals surface area contributed by atoms with Gasteiger partial charge in [0.1, 0.15) is 12.4 Å². The Bertz CT molecular complexity index is 1440. The molecule has 0 saturated heterocycles. The van der Waals surface area contributed by atoms with Gasteiger partial charge in [0.25, 0.3) is 0 Å². The number of rotatable bonds is 5.